The van der Waals surface area contributed by atoms with Crippen molar-refractivity contribution in [2.45, 2.75) is 11.8 Å². The normalized spacial score (nSPS) is 11.1. The molecule has 4 nitrogen and oxygen atoms in total. The van der Waals surface area contributed by atoms with Crippen LogP contribution < -0.4 is 5.32 Å². The second kappa shape index (κ2) is 6.41. The lowest BCUT2D eigenvalue weighted by Gasteiger charge is -2.09. The minimum atomic E-state index is -3.62. The minimum Gasteiger partial charge on any atom is -0.325 e. The molecule has 0 saturated heterocycles. The van der Waals surface area contributed by atoms with Gasteiger partial charge in [0.2, 0.25) is 5.91 Å². The number of rotatable bonds is 4. The Labute approximate surface area is 132 Å². The van der Waals surface area contributed by atoms with Gasteiger partial charge in [-0.05, 0) is 42.8 Å². The monoisotopic (exact) mass is 367 g/mol. The first-order chi connectivity index (χ1) is 9.88. The van der Waals surface area contributed by atoms with Gasteiger partial charge >= 0.3 is 0 Å². The summed E-state index contributed by atoms with van der Waals surface area (Å²) in [6, 6.07) is 13.3. The Hall–Kier alpha value is -1.66. The van der Waals surface area contributed by atoms with Crippen LogP contribution in [0.25, 0.3) is 0 Å². The Bertz CT molecular complexity index is 758. The highest BCUT2D eigenvalue weighted by molar-refractivity contribution is 9.10. The Morgan fingerprint density at radius 1 is 1.14 bits per heavy atom. The standard InChI is InChI=1S/C15H14BrNO3S/c1-11-9-12(16)7-8-14(11)17-15(18)10-21(19,20)13-5-3-2-4-6-13/h2-9H,10H2,1H3,(H,17,18). The first-order valence-electron chi connectivity index (χ1n) is 6.22. The van der Waals surface area contributed by atoms with Crippen LogP contribution in [-0.2, 0) is 14.6 Å². The molecule has 2 aromatic carbocycles. The highest BCUT2D eigenvalue weighted by Crippen LogP contribution is 2.20. The quantitative estimate of drug-likeness (QED) is 0.902. The molecule has 1 amide bonds. The molecule has 0 aromatic heterocycles. The Morgan fingerprint density at radius 3 is 2.43 bits per heavy atom. The number of nitrogens with one attached hydrogen (secondary N) is 1. The lowest BCUT2D eigenvalue weighted by atomic mass is 10.2. The molecule has 21 heavy (non-hydrogen) atoms. The lowest BCUT2D eigenvalue weighted by molar-refractivity contribution is -0.113. The third-order valence-electron chi connectivity index (χ3n) is 2.89. The van der Waals surface area contributed by atoms with Crippen molar-refractivity contribution in [2.24, 2.45) is 0 Å². The summed E-state index contributed by atoms with van der Waals surface area (Å²) in [5, 5.41) is 2.62. The number of sulfone groups is 1. The zero-order chi connectivity index (χ0) is 15.5. The van der Waals surface area contributed by atoms with Crippen LogP contribution in [-0.4, -0.2) is 20.1 Å². The molecule has 0 unspecified atom stereocenters. The van der Waals surface area contributed by atoms with Crippen molar-refractivity contribution in [3.05, 3.63) is 58.6 Å². The highest BCUT2D eigenvalue weighted by Gasteiger charge is 2.19. The van der Waals surface area contributed by atoms with E-state index in [-0.39, 0.29) is 4.90 Å². The van der Waals surface area contributed by atoms with Crippen molar-refractivity contribution >= 4 is 37.4 Å². The summed E-state index contributed by atoms with van der Waals surface area (Å²) in [5.74, 6) is -1.13. The first-order valence-corrected chi connectivity index (χ1v) is 8.67. The molecule has 0 aliphatic heterocycles. The van der Waals surface area contributed by atoms with Gasteiger partial charge in [-0.25, -0.2) is 8.42 Å². The van der Waals surface area contributed by atoms with E-state index in [1.807, 2.05) is 13.0 Å². The molecule has 6 heteroatoms. The van der Waals surface area contributed by atoms with Gasteiger partial charge in [-0.1, -0.05) is 34.1 Å². The number of halogens is 1. The molecule has 0 fully saturated rings. The zero-order valence-electron chi connectivity index (χ0n) is 11.3. The van der Waals surface area contributed by atoms with E-state index in [1.165, 1.54) is 12.1 Å². The van der Waals surface area contributed by atoms with Gasteiger partial charge in [-0.2, -0.15) is 0 Å². The number of hydrogen-bond donors (Lipinski definition) is 1. The van der Waals surface area contributed by atoms with E-state index in [2.05, 4.69) is 21.2 Å². The van der Waals surface area contributed by atoms with Gasteiger partial charge < -0.3 is 5.32 Å². The number of carbonyl (C=O) groups excluding carboxylic acids is 1. The van der Waals surface area contributed by atoms with E-state index < -0.39 is 21.5 Å². The first kappa shape index (κ1) is 15.7. The predicted molar refractivity (Wildman–Crippen MR) is 86.0 cm³/mol. The summed E-state index contributed by atoms with van der Waals surface area (Å²) >= 11 is 3.33. The third kappa shape index (κ3) is 4.15. The fourth-order valence-corrected chi connectivity index (χ4v) is 3.47. The molecular weight excluding hydrogens is 354 g/mol. The van der Waals surface area contributed by atoms with Crippen molar-refractivity contribution in [1.29, 1.82) is 0 Å². The van der Waals surface area contributed by atoms with Crippen molar-refractivity contribution in [3.8, 4) is 0 Å². The number of hydrogen-bond acceptors (Lipinski definition) is 3. The summed E-state index contributed by atoms with van der Waals surface area (Å²) in [7, 11) is -3.62. The predicted octanol–water partition coefficient (Wildman–Crippen LogP) is 3.17. The van der Waals surface area contributed by atoms with E-state index in [1.54, 1.807) is 30.3 Å². The molecule has 2 aromatic rings. The average molecular weight is 368 g/mol. The van der Waals surface area contributed by atoms with E-state index >= 15 is 0 Å². The molecule has 1 N–H and O–H groups in total. The Balaban J connectivity index is 2.12. The molecule has 0 saturated carbocycles. The van der Waals surface area contributed by atoms with Gasteiger partial charge in [0.05, 0.1) is 4.90 Å². The van der Waals surface area contributed by atoms with Gasteiger partial charge in [0, 0.05) is 10.2 Å². The van der Waals surface area contributed by atoms with E-state index in [9.17, 15) is 13.2 Å². The van der Waals surface area contributed by atoms with Crippen LogP contribution >= 0.6 is 15.9 Å². The van der Waals surface area contributed by atoms with Gasteiger partial charge in [-0.15, -0.1) is 0 Å². The molecule has 0 atom stereocenters. The highest BCUT2D eigenvalue weighted by atomic mass is 79.9. The number of anilines is 1. The molecule has 110 valence electrons. The van der Waals surface area contributed by atoms with E-state index in [0.29, 0.717) is 5.69 Å². The topological polar surface area (TPSA) is 63.2 Å². The fraction of sp³-hybridized carbons (Fsp3) is 0.133. The minimum absolute atomic E-state index is 0.146. The largest absolute Gasteiger partial charge is 0.325 e. The zero-order valence-corrected chi connectivity index (χ0v) is 13.7. The van der Waals surface area contributed by atoms with Crippen LogP contribution in [0.1, 0.15) is 5.56 Å². The van der Waals surface area contributed by atoms with E-state index in [0.717, 1.165) is 10.0 Å². The summed E-state index contributed by atoms with van der Waals surface area (Å²) in [5.41, 5.74) is 1.46. The number of amides is 1. The van der Waals surface area contributed by atoms with Gasteiger partial charge in [0.25, 0.3) is 0 Å². The second-order valence-corrected chi connectivity index (χ2v) is 7.48. The SMILES string of the molecule is Cc1cc(Br)ccc1NC(=O)CS(=O)(=O)c1ccccc1. The van der Waals surface area contributed by atoms with Crippen LogP contribution in [0, 0.1) is 6.92 Å². The molecule has 0 heterocycles. The molecule has 2 rings (SSSR count). The van der Waals surface area contributed by atoms with Crippen molar-refractivity contribution in [2.75, 3.05) is 11.1 Å². The second-order valence-electron chi connectivity index (χ2n) is 4.58. The molecule has 0 aliphatic rings. The number of benzene rings is 2. The maximum atomic E-state index is 12.1. The Kier molecular flexibility index (Phi) is 4.80. The maximum absolute atomic E-state index is 12.1. The summed E-state index contributed by atoms with van der Waals surface area (Å²) < 4.78 is 25.1. The van der Waals surface area contributed by atoms with E-state index in [4.69, 9.17) is 0 Å². The van der Waals surface area contributed by atoms with Crippen molar-refractivity contribution < 1.29 is 13.2 Å². The summed E-state index contributed by atoms with van der Waals surface area (Å²) in [6.07, 6.45) is 0. The van der Waals surface area contributed by atoms with Crippen molar-refractivity contribution in [3.63, 3.8) is 0 Å². The summed E-state index contributed by atoms with van der Waals surface area (Å²) in [6.45, 7) is 1.84. The fourth-order valence-electron chi connectivity index (χ4n) is 1.84. The van der Waals surface area contributed by atoms with Gasteiger partial charge in [0.15, 0.2) is 9.84 Å². The van der Waals surface area contributed by atoms with Crippen LogP contribution in [0.5, 0.6) is 0 Å². The average Bonchev–Trinajstić information content (AvgIpc) is 2.42. The molecular formula is C15H14BrNO3S. The molecule has 0 bridgehead atoms. The van der Waals surface area contributed by atoms with Crippen LogP contribution in [0.4, 0.5) is 5.69 Å². The summed E-state index contributed by atoms with van der Waals surface area (Å²) in [4.78, 5) is 12.1. The lowest BCUT2D eigenvalue weighted by Crippen LogP contribution is -2.23. The molecule has 0 radical (unpaired) electrons. The molecule has 0 aliphatic carbocycles. The van der Waals surface area contributed by atoms with Crippen LogP contribution in [0.3, 0.4) is 0 Å². The van der Waals surface area contributed by atoms with Crippen molar-refractivity contribution in [1.82, 2.24) is 0 Å². The number of carbonyl (C=O) groups is 1. The number of aryl methyl sites for hydroxylation is 1. The van der Waals surface area contributed by atoms with Gasteiger partial charge in [-0.3, -0.25) is 4.79 Å². The van der Waals surface area contributed by atoms with Crippen LogP contribution in [0.2, 0.25) is 0 Å². The Morgan fingerprint density at radius 2 is 1.81 bits per heavy atom. The van der Waals surface area contributed by atoms with Crippen LogP contribution in [0.15, 0.2) is 57.9 Å². The third-order valence-corrected chi connectivity index (χ3v) is 5.01. The molecule has 0 spiro atoms. The maximum Gasteiger partial charge on any atom is 0.239 e. The smallest absolute Gasteiger partial charge is 0.239 e. The van der Waals surface area contributed by atoms with Gasteiger partial charge in [0.1, 0.15) is 5.75 Å².